The number of rotatable bonds is 8. The molecule has 0 aliphatic carbocycles. The molecular formula is C29H22N2O3S. The summed E-state index contributed by atoms with van der Waals surface area (Å²) in [6.07, 6.45) is 5.48. The molecule has 1 N–H and O–H groups in total. The first-order chi connectivity index (χ1) is 17.1. The molecule has 0 amide bonds. The van der Waals surface area contributed by atoms with Crippen molar-refractivity contribution in [2.45, 2.75) is 0 Å². The molecule has 0 bridgehead atoms. The number of carbonyl (C=O) groups is 1. The summed E-state index contributed by atoms with van der Waals surface area (Å²) < 4.78 is 5.24. The van der Waals surface area contributed by atoms with Crippen molar-refractivity contribution >= 4 is 40.8 Å². The highest BCUT2D eigenvalue weighted by atomic mass is 32.1. The van der Waals surface area contributed by atoms with Crippen molar-refractivity contribution in [3.63, 3.8) is 0 Å². The Balaban J connectivity index is 1.60. The Labute approximate surface area is 208 Å². The molecule has 172 valence electrons. The van der Waals surface area contributed by atoms with Crippen molar-refractivity contribution in [3.05, 3.63) is 113 Å². The topological polar surface area (TPSA) is 73.6 Å². The lowest BCUT2D eigenvalue weighted by atomic mass is 10.1. The van der Waals surface area contributed by atoms with Crippen LogP contribution in [0.1, 0.15) is 10.4 Å². The smallest absolute Gasteiger partial charge is 0.346 e. The fraction of sp³-hybridized carbons (Fsp3) is 0.0345. The van der Waals surface area contributed by atoms with E-state index in [1.165, 1.54) is 17.4 Å². The molecule has 1 heterocycles. The first-order valence-corrected chi connectivity index (χ1v) is 11.6. The lowest BCUT2D eigenvalue weighted by Gasteiger charge is -2.21. The molecule has 35 heavy (non-hydrogen) atoms. The Hall–Kier alpha value is -4.60. The van der Waals surface area contributed by atoms with Crippen LogP contribution in [0, 0.1) is 11.3 Å². The number of benzene rings is 3. The molecule has 5 nitrogen and oxygen atoms in total. The SMILES string of the molecule is COc1ccc(/C=C/N(c2ccccc2)c2ccc(-c3ccc(/C=C(\C#N)C(=O)O)s3)cc2)cc1. The summed E-state index contributed by atoms with van der Waals surface area (Å²) in [6, 6.07) is 31.6. The fourth-order valence-corrected chi connectivity index (χ4v) is 4.40. The normalized spacial score (nSPS) is 11.3. The first kappa shape index (κ1) is 23.6. The van der Waals surface area contributed by atoms with Crippen LogP contribution in [0.25, 0.3) is 22.6 Å². The fourth-order valence-electron chi connectivity index (χ4n) is 3.44. The third kappa shape index (κ3) is 5.85. The molecule has 0 saturated heterocycles. The van der Waals surface area contributed by atoms with Crippen molar-refractivity contribution in [1.82, 2.24) is 0 Å². The largest absolute Gasteiger partial charge is 0.497 e. The first-order valence-electron chi connectivity index (χ1n) is 10.8. The van der Waals surface area contributed by atoms with Crippen LogP contribution in [0.2, 0.25) is 0 Å². The number of methoxy groups -OCH3 is 1. The predicted molar refractivity (Wildman–Crippen MR) is 142 cm³/mol. The number of ether oxygens (including phenoxy) is 1. The zero-order valence-corrected chi connectivity index (χ0v) is 19.8. The van der Waals surface area contributed by atoms with Crippen LogP contribution in [0.4, 0.5) is 11.4 Å². The molecule has 0 spiro atoms. The minimum absolute atomic E-state index is 0.282. The molecule has 0 saturated carbocycles. The van der Waals surface area contributed by atoms with E-state index >= 15 is 0 Å². The summed E-state index contributed by atoms with van der Waals surface area (Å²) in [7, 11) is 1.65. The van der Waals surface area contributed by atoms with Gasteiger partial charge < -0.3 is 14.7 Å². The minimum Gasteiger partial charge on any atom is -0.497 e. The summed E-state index contributed by atoms with van der Waals surface area (Å²) in [5.74, 6) is -0.410. The average molecular weight is 479 g/mol. The van der Waals surface area contributed by atoms with Crippen LogP contribution in [0.5, 0.6) is 5.75 Å². The summed E-state index contributed by atoms with van der Waals surface area (Å²) in [6.45, 7) is 0. The van der Waals surface area contributed by atoms with Gasteiger partial charge in [-0.2, -0.15) is 5.26 Å². The zero-order valence-electron chi connectivity index (χ0n) is 19.0. The molecule has 1 aromatic heterocycles. The zero-order chi connectivity index (χ0) is 24.6. The maximum absolute atomic E-state index is 11.1. The van der Waals surface area contributed by atoms with E-state index in [1.807, 2.05) is 91.1 Å². The second kappa shape index (κ2) is 11.0. The van der Waals surface area contributed by atoms with E-state index < -0.39 is 5.97 Å². The van der Waals surface area contributed by atoms with Gasteiger partial charge in [0.25, 0.3) is 0 Å². The molecule has 0 fully saturated rings. The van der Waals surface area contributed by atoms with Gasteiger partial charge in [0, 0.05) is 27.3 Å². The maximum Gasteiger partial charge on any atom is 0.346 e. The number of para-hydroxylation sites is 1. The van der Waals surface area contributed by atoms with Gasteiger partial charge in [0.2, 0.25) is 0 Å². The second-order valence-electron chi connectivity index (χ2n) is 7.52. The average Bonchev–Trinajstić information content (AvgIpc) is 3.37. The number of hydrogen-bond donors (Lipinski definition) is 1. The van der Waals surface area contributed by atoms with E-state index in [2.05, 4.69) is 17.0 Å². The van der Waals surface area contributed by atoms with Crippen molar-refractivity contribution in [2.24, 2.45) is 0 Å². The summed E-state index contributed by atoms with van der Waals surface area (Å²) in [4.78, 5) is 14.9. The van der Waals surface area contributed by atoms with Gasteiger partial charge in [-0.25, -0.2) is 4.79 Å². The third-order valence-electron chi connectivity index (χ3n) is 5.26. The van der Waals surface area contributed by atoms with Crippen molar-refractivity contribution in [2.75, 3.05) is 12.0 Å². The molecule has 0 atom stereocenters. The third-order valence-corrected chi connectivity index (χ3v) is 6.34. The van der Waals surface area contributed by atoms with Gasteiger partial charge in [-0.1, -0.05) is 42.5 Å². The lowest BCUT2D eigenvalue weighted by molar-refractivity contribution is -0.132. The highest BCUT2D eigenvalue weighted by molar-refractivity contribution is 7.16. The Bertz CT molecular complexity index is 1400. The monoisotopic (exact) mass is 478 g/mol. The number of aliphatic carboxylic acids is 1. The lowest BCUT2D eigenvalue weighted by Crippen LogP contribution is -2.07. The Morgan fingerprint density at radius 2 is 1.63 bits per heavy atom. The highest BCUT2D eigenvalue weighted by Crippen LogP contribution is 2.33. The molecule has 4 rings (SSSR count). The quantitative estimate of drug-likeness (QED) is 0.214. The number of anilines is 2. The molecule has 0 aliphatic heterocycles. The highest BCUT2D eigenvalue weighted by Gasteiger charge is 2.10. The summed E-state index contributed by atoms with van der Waals surface area (Å²) >= 11 is 1.44. The van der Waals surface area contributed by atoms with E-state index in [0.717, 1.165) is 38.0 Å². The summed E-state index contributed by atoms with van der Waals surface area (Å²) in [5, 5.41) is 18.1. The van der Waals surface area contributed by atoms with Crippen LogP contribution < -0.4 is 9.64 Å². The van der Waals surface area contributed by atoms with Gasteiger partial charge in [-0.15, -0.1) is 11.3 Å². The number of carboxylic acids is 1. The van der Waals surface area contributed by atoms with Gasteiger partial charge >= 0.3 is 5.97 Å². The molecule has 0 unspecified atom stereocenters. The number of nitrogens with zero attached hydrogens (tertiary/aromatic N) is 2. The molecule has 4 aromatic rings. The Morgan fingerprint density at radius 3 is 2.26 bits per heavy atom. The van der Waals surface area contributed by atoms with Gasteiger partial charge in [-0.05, 0) is 71.8 Å². The van der Waals surface area contributed by atoms with Gasteiger partial charge in [0.1, 0.15) is 17.4 Å². The molecule has 6 heteroatoms. The van der Waals surface area contributed by atoms with Crippen molar-refractivity contribution in [1.29, 1.82) is 5.26 Å². The minimum atomic E-state index is -1.23. The van der Waals surface area contributed by atoms with E-state index in [0.29, 0.717) is 0 Å². The molecular weight excluding hydrogens is 456 g/mol. The number of carboxylic acid groups (broad SMARTS) is 1. The van der Waals surface area contributed by atoms with E-state index in [9.17, 15) is 4.79 Å². The maximum atomic E-state index is 11.1. The van der Waals surface area contributed by atoms with Crippen LogP contribution in [0.15, 0.2) is 103 Å². The van der Waals surface area contributed by atoms with E-state index in [4.69, 9.17) is 15.1 Å². The van der Waals surface area contributed by atoms with Crippen LogP contribution in [-0.2, 0) is 4.79 Å². The summed E-state index contributed by atoms with van der Waals surface area (Å²) in [5.41, 5.74) is 3.82. The second-order valence-corrected chi connectivity index (χ2v) is 8.63. The predicted octanol–water partition coefficient (Wildman–Crippen LogP) is 7.22. The number of hydrogen-bond acceptors (Lipinski definition) is 5. The Morgan fingerprint density at radius 1 is 0.943 bits per heavy atom. The van der Waals surface area contributed by atoms with Crippen LogP contribution in [0.3, 0.4) is 0 Å². The molecule has 0 radical (unpaired) electrons. The molecule has 0 aliphatic rings. The van der Waals surface area contributed by atoms with E-state index in [-0.39, 0.29) is 5.57 Å². The van der Waals surface area contributed by atoms with Crippen molar-refractivity contribution in [3.8, 4) is 22.3 Å². The van der Waals surface area contributed by atoms with E-state index in [1.54, 1.807) is 13.2 Å². The molecule has 3 aromatic carbocycles. The van der Waals surface area contributed by atoms with Gasteiger partial charge in [-0.3, -0.25) is 0 Å². The number of nitriles is 1. The standard InChI is InChI=1S/C29H22N2O3S/c1-34-26-13-7-21(8-14-26)17-18-31(24-5-3-2-4-6-24)25-11-9-22(10-12-25)28-16-15-27(35-28)19-23(20-30)29(32)33/h2-19H,1H3,(H,32,33)/b18-17+,23-19+. The van der Waals surface area contributed by atoms with Crippen LogP contribution >= 0.6 is 11.3 Å². The Kier molecular flexibility index (Phi) is 7.41. The van der Waals surface area contributed by atoms with Gasteiger partial charge in [0.15, 0.2) is 0 Å². The van der Waals surface area contributed by atoms with Crippen molar-refractivity contribution < 1.29 is 14.6 Å². The number of thiophene rings is 1. The van der Waals surface area contributed by atoms with Gasteiger partial charge in [0.05, 0.1) is 7.11 Å². The van der Waals surface area contributed by atoms with Crippen LogP contribution in [-0.4, -0.2) is 18.2 Å².